The van der Waals surface area contributed by atoms with E-state index in [1.54, 1.807) is 0 Å². The van der Waals surface area contributed by atoms with Crippen molar-refractivity contribution in [3.63, 3.8) is 0 Å². The van der Waals surface area contributed by atoms with Crippen molar-refractivity contribution in [2.24, 2.45) is 4.99 Å². The van der Waals surface area contributed by atoms with Crippen LogP contribution in [0, 0.1) is 0 Å². The zero-order valence-electron chi connectivity index (χ0n) is 13.0. The van der Waals surface area contributed by atoms with Gasteiger partial charge in [0, 0.05) is 29.4 Å². The van der Waals surface area contributed by atoms with E-state index in [1.807, 2.05) is 24.3 Å². The SMILES string of the molecule is CN1CC=C(C2=Nc3cc(Cl)ccc3Nc3ccccc32)CC1. The van der Waals surface area contributed by atoms with Gasteiger partial charge in [0.25, 0.3) is 0 Å². The molecule has 1 N–H and O–H groups in total. The van der Waals surface area contributed by atoms with Crippen molar-refractivity contribution < 1.29 is 0 Å². The number of halogens is 1. The lowest BCUT2D eigenvalue weighted by atomic mass is 9.96. The van der Waals surface area contributed by atoms with Gasteiger partial charge in [0.2, 0.25) is 0 Å². The molecule has 2 aromatic carbocycles. The van der Waals surface area contributed by atoms with E-state index in [0.29, 0.717) is 5.02 Å². The van der Waals surface area contributed by atoms with Crippen molar-refractivity contribution in [2.75, 3.05) is 25.5 Å². The molecule has 0 amide bonds. The fourth-order valence-electron chi connectivity index (χ4n) is 3.06. The molecule has 0 radical (unpaired) electrons. The maximum absolute atomic E-state index is 6.18. The molecular formula is C19H18ClN3. The first-order chi connectivity index (χ1) is 11.2. The molecule has 23 heavy (non-hydrogen) atoms. The summed E-state index contributed by atoms with van der Waals surface area (Å²) in [6.07, 6.45) is 3.30. The first-order valence-corrected chi connectivity index (χ1v) is 8.21. The molecular weight excluding hydrogens is 306 g/mol. The predicted molar refractivity (Wildman–Crippen MR) is 97.6 cm³/mol. The third-order valence-electron chi connectivity index (χ3n) is 4.36. The molecule has 2 aromatic rings. The third-order valence-corrected chi connectivity index (χ3v) is 4.60. The van der Waals surface area contributed by atoms with Crippen molar-refractivity contribution in [2.45, 2.75) is 6.42 Å². The van der Waals surface area contributed by atoms with Crippen LogP contribution in [0.3, 0.4) is 0 Å². The van der Waals surface area contributed by atoms with Gasteiger partial charge in [0.05, 0.1) is 17.1 Å². The van der Waals surface area contributed by atoms with E-state index in [2.05, 4.69) is 41.5 Å². The molecule has 0 aliphatic carbocycles. The fourth-order valence-corrected chi connectivity index (χ4v) is 3.22. The molecule has 0 atom stereocenters. The van der Waals surface area contributed by atoms with Gasteiger partial charge >= 0.3 is 0 Å². The topological polar surface area (TPSA) is 27.6 Å². The molecule has 0 aromatic heterocycles. The standard InChI is InChI=1S/C19H18ClN3/c1-23-10-8-13(9-11-23)19-15-4-2-3-5-16(15)21-17-7-6-14(20)12-18(17)22-19/h2-8,12,21H,9-11H2,1H3. The van der Waals surface area contributed by atoms with Gasteiger partial charge in [0.1, 0.15) is 0 Å². The van der Waals surface area contributed by atoms with Crippen molar-refractivity contribution in [3.8, 4) is 0 Å². The number of hydrogen-bond acceptors (Lipinski definition) is 3. The van der Waals surface area contributed by atoms with Crippen molar-refractivity contribution in [3.05, 3.63) is 64.7 Å². The molecule has 0 saturated carbocycles. The monoisotopic (exact) mass is 323 g/mol. The van der Waals surface area contributed by atoms with Crippen LogP contribution in [0.4, 0.5) is 17.1 Å². The number of hydrogen-bond donors (Lipinski definition) is 1. The molecule has 0 saturated heterocycles. The average Bonchev–Trinajstić information content (AvgIpc) is 2.72. The van der Waals surface area contributed by atoms with Crippen molar-refractivity contribution >= 4 is 34.4 Å². The Balaban J connectivity index is 1.90. The Labute approximate surface area is 141 Å². The van der Waals surface area contributed by atoms with E-state index in [4.69, 9.17) is 16.6 Å². The van der Waals surface area contributed by atoms with Crippen LogP contribution < -0.4 is 5.32 Å². The van der Waals surface area contributed by atoms with E-state index >= 15 is 0 Å². The lowest BCUT2D eigenvalue weighted by Crippen LogP contribution is -2.26. The molecule has 0 spiro atoms. The van der Waals surface area contributed by atoms with Crippen LogP contribution in [0.25, 0.3) is 0 Å². The number of benzene rings is 2. The molecule has 3 nitrogen and oxygen atoms in total. The second kappa shape index (κ2) is 5.84. The maximum atomic E-state index is 6.18. The normalized spacial score (nSPS) is 17.3. The number of para-hydroxylation sites is 1. The van der Waals surface area contributed by atoms with Gasteiger partial charge in [0.15, 0.2) is 0 Å². The van der Waals surface area contributed by atoms with Gasteiger partial charge in [-0.15, -0.1) is 0 Å². The van der Waals surface area contributed by atoms with E-state index in [0.717, 1.165) is 47.8 Å². The van der Waals surface area contributed by atoms with Gasteiger partial charge in [-0.25, -0.2) is 4.99 Å². The number of aliphatic imine (C=N–C) groups is 1. The minimum absolute atomic E-state index is 0.706. The van der Waals surface area contributed by atoms with Gasteiger partial charge in [-0.3, -0.25) is 0 Å². The molecule has 4 heteroatoms. The van der Waals surface area contributed by atoms with Crippen molar-refractivity contribution in [1.82, 2.24) is 4.90 Å². The van der Waals surface area contributed by atoms with Crippen LogP contribution in [0.1, 0.15) is 12.0 Å². The highest BCUT2D eigenvalue weighted by atomic mass is 35.5. The van der Waals surface area contributed by atoms with Crippen LogP contribution in [-0.4, -0.2) is 30.7 Å². The Bertz CT molecular complexity index is 823. The smallest absolute Gasteiger partial charge is 0.0886 e. The largest absolute Gasteiger partial charge is 0.353 e. The summed E-state index contributed by atoms with van der Waals surface area (Å²) in [7, 11) is 2.15. The highest BCUT2D eigenvalue weighted by molar-refractivity contribution is 6.31. The molecule has 116 valence electrons. The minimum Gasteiger partial charge on any atom is -0.353 e. The predicted octanol–water partition coefficient (Wildman–Crippen LogP) is 4.78. The van der Waals surface area contributed by atoms with Gasteiger partial charge in [-0.05, 0) is 43.3 Å². The maximum Gasteiger partial charge on any atom is 0.0886 e. The Kier molecular flexibility index (Phi) is 3.68. The lowest BCUT2D eigenvalue weighted by Gasteiger charge is -2.23. The first kappa shape index (κ1) is 14.5. The zero-order valence-corrected chi connectivity index (χ0v) is 13.8. The van der Waals surface area contributed by atoms with Gasteiger partial charge < -0.3 is 10.2 Å². The second-order valence-corrected chi connectivity index (χ2v) is 6.47. The number of fused-ring (bicyclic) bond motifs is 2. The lowest BCUT2D eigenvalue weighted by molar-refractivity contribution is 0.362. The summed E-state index contributed by atoms with van der Waals surface area (Å²) in [5.74, 6) is 0. The molecule has 2 heterocycles. The van der Waals surface area contributed by atoms with Gasteiger partial charge in [-0.2, -0.15) is 0 Å². The third kappa shape index (κ3) is 2.78. The Morgan fingerprint density at radius 3 is 2.83 bits per heavy atom. The Hall–Kier alpha value is -2.10. The molecule has 2 aliphatic rings. The summed E-state index contributed by atoms with van der Waals surface area (Å²) in [4.78, 5) is 7.29. The van der Waals surface area contributed by atoms with Crippen LogP contribution in [-0.2, 0) is 0 Å². The van der Waals surface area contributed by atoms with Crippen LogP contribution >= 0.6 is 11.6 Å². The highest BCUT2D eigenvalue weighted by Gasteiger charge is 2.21. The van der Waals surface area contributed by atoms with Crippen LogP contribution in [0.5, 0.6) is 0 Å². The molecule has 0 unspecified atom stereocenters. The molecule has 4 rings (SSSR count). The number of likely N-dealkylation sites (N-methyl/N-ethyl adjacent to an activating group) is 1. The summed E-state index contributed by atoms with van der Waals surface area (Å²) in [6, 6.07) is 14.2. The summed E-state index contributed by atoms with van der Waals surface area (Å²) < 4.78 is 0. The van der Waals surface area contributed by atoms with E-state index in [9.17, 15) is 0 Å². The summed E-state index contributed by atoms with van der Waals surface area (Å²) in [5.41, 5.74) is 6.49. The van der Waals surface area contributed by atoms with Crippen LogP contribution in [0.15, 0.2) is 59.1 Å². The Morgan fingerprint density at radius 1 is 1.13 bits per heavy atom. The molecule has 0 bridgehead atoms. The van der Waals surface area contributed by atoms with Crippen LogP contribution in [0.2, 0.25) is 5.02 Å². The average molecular weight is 324 g/mol. The Morgan fingerprint density at radius 2 is 2.00 bits per heavy atom. The van der Waals surface area contributed by atoms with Gasteiger partial charge in [-0.1, -0.05) is 35.9 Å². The summed E-state index contributed by atoms with van der Waals surface area (Å²) in [5, 5.41) is 4.20. The van der Waals surface area contributed by atoms with E-state index in [1.165, 1.54) is 5.57 Å². The summed E-state index contributed by atoms with van der Waals surface area (Å²) in [6.45, 7) is 2.02. The quantitative estimate of drug-likeness (QED) is 0.818. The number of nitrogens with one attached hydrogen (secondary N) is 1. The zero-order chi connectivity index (χ0) is 15.8. The molecule has 0 fully saturated rings. The minimum atomic E-state index is 0.706. The number of anilines is 2. The second-order valence-electron chi connectivity index (χ2n) is 6.03. The number of nitrogens with zero attached hydrogens (tertiary/aromatic N) is 2. The van der Waals surface area contributed by atoms with Crippen molar-refractivity contribution in [1.29, 1.82) is 0 Å². The highest BCUT2D eigenvalue weighted by Crippen LogP contribution is 2.37. The first-order valence-electron chi connectivity index (χ1n) is 7.83. The van der Waals surface area contributed by atoms with E-state index in [-0.39, 0.29) is 0 Å². The number of rotatable bonds is 1. The van der Waals surface area contributed by atoms with E-state index < -0.39 is 0 Å². The molecule has 2 aliphatic heterocycles. The summed E-state index contributed by atoms with van der Waals surface area (Å²) >= 11 is 6.18. The fraction of sp³-hybridized carbons (Fsp3) is 0.211.